The van der Waals surface area contributed by atoms with Crippen molar-refractivity contribution >= 4 is 46.3 Å². The van der Waals surface area contributed by atoms with Gasteiger partial charge in [-0.1, -0.05) is 41.4 Å². The van der Waals surface area contributed by atoms with Crippen molar-refractivity contribution in [2.75, 3.05) is 26.2 Å². The third-order valence-corrected chi connectivity index (χ3v) is 7.06. The van der Waals surface area contributed by atoms with Gasteiger partial charge in [0.15, 0.2) is 11.5 Å². The molecule has 1 atom stereocenters. The fourth-order valence-electron chi connectivity index (χ4n) is 4.37. The van der Waals surface area contributed by atoms with E-state index in [2.05, 4.69) is 0 Å². The molecule has 1 N–H and O–H groups in total. The number of ketones is 1. The Morgan fingerprint density at radius 3 is 2.08 bits per heavy atom. The van der Waals surface area contributed by atoms with E-state index in [0.717, 1.165) is 11.1 Å². The Kier molecular flexibility index (Phi) is 7.39. The van der Waals surface area contributed by atoms with Crippen molar-refractivity contribution in [3.8, 4) is 17.2 Å². The van der Waals surface area contributed by atoms with E-state index in [1.54, 1.807) is 37.4 Å². The maximum Gasteiger partial charge on any atom is 0.300 e. The third-order valence-electron chi connectivity index (χ3n) is 6.44. The molecule has 1 aliphatic rings. The van der Waals surface area contributed by atoms with E-state index in [1.807, 2.05) is 26.0 Å². The summed E-state index contributed by atoms with van der Waals surface area (Å²) in [6.45, 7) is 3.88. The van der Waals surface area contributed by atoms with Crippen LogP contribution in [0.15, 0.2) is 54.1 Å². The number of rotatable bonds is 6. The summed E-state index contributed by atoms with van der Waals surface area (Å²) in [6.07, 6.45) is 0. The zero-order valence-electron chi connectivity index (χ0n) is 20.9. The Balaban J connectivity index is 2.01. The SMILES string of the molecule is COc1ccc(C2/C(=C(\O)c3cc(Cl)c(OC)c(Cl)c3OC)C(=O)C(=O)N2c2ccc(C)c(C)c2)cc1. The van der Waals surface area contributed by atoms with Crippen LogP contribution in [0.4, 0.5) is 5.69 Å². The van der Waals surface area contributed by atoms with Crippen molar-refractivity contribution in [3.05, 3.63) is 86.4 Å². The number of aliphatic hydroxyl groups excluding tert-OH is 1. The van der Waals surface area contributed by atoms with Gasteiger partial charge in [-0.05, 0) is 60.9 Å². The number of amides is 1. The van der Waals surface area contributed by atoms with Crippen LogP contribution in [0.3, 0.4) is 0 Å². The predicted octanol–water partition coefficient (Wildman–Crippen LogP) is 6.26. The van der Waals surface area contributed by atoms with Gasteiger partial charge in [-0.25, -0.2) is 0 Å². The highest BCUT2D eigenvalue weighted by Gasteiger charge is 2.47. The molecule has 0 aromatic heterocycles. The fraction of sp³-hybridized carbons (Fsp3) is 0.214. The molecule has 9 heteroatoms. The van der Waals surface area contributed by atoms with Gasteiger partial charge >= 0.3 is 0 Å². The molecule has 1 fully saturated rings. The summed E-state index contributed by atoms with van der Waals surface area (Å²) in [7, 11) is 4.30. The molecule has 0 radical (unpaired) electrons. The summed E-state index contributed by atoms with van der Waals surface area (Å²) in [6, 6.07) is 12.8. The summed E-state index contributed by atoms with van der Waals surface area (Å²) < 4.78 is 15.9. The number of anilines is 1. The molecule has 3 aromatic carbocycles. The van der Waals surface area contributed by atoms with Gasteiger partial charge in [0.05, 0.1) is 43.5 Å². The quantitative estimate of drug-likeness (QED) is 0.225. The van der Waals surface area contributed by atoms with Gasteiger partial charge in [0.25, 0.3) is 11.7 Å². The number of carbonyl (C=O) groups excluding carboxylic acids is 2. The summed E-state index contributed by atoms with van der Waals surface area (Å²) in [4.78, 5) is 28.3. The first-order valence-corrected chi connectivity index (χ1v) is 12.0. The second kappa shape index (κ2) is 10.4. The van der Waals surface area contributed by atoms with Crippen molar-refractivity contribution in [3.63, 3.8) is 0 Å². The van der Waals surface area contributed by atoms with Crippen LogP contribution in [-0.2, 0) is 9.59 Å². The molecule has 0 bridgehead atoms. The number of Topliss-reactive ketones (excluding diaryl/α,β-unsaturated/α-hetero) is 1. The predicted molar refractivity (Wildman–Crippen MR) is 143 cm³/mol. The Morgan fingerprint density at radius 1 is 0.865 bits per heavy atom. The van der Waals surface area contributed by atoms with Gasteiger partial charge in [0, 0.05) is 5.69 Å². The summed E-state index contributed by atoms with van der Waals surface area (Å²) >= 11 is 12.8. The molecule has 0 aliphatic carbocycles. The number of nitrogens with zero attached hydrogens (tertiary/aromatic N) is 1. The normalized spacial score (nSPS) is 16.7. The van der Waals surface area contributed by atoms with Gasteiger partial charge in [-0.3, -0.25) is 14.5 Å². The number of ether oxygens (including phenoxy) is 3. The second-order valence-electron chi connectivity index (χ2n) is 8.50. The molecule has 1 heterocycles. The van der Waals surface area contributed by atoms with Crippen LogP contribution in [0.2, 0.25) is 10.0 Å². The molecular formula is C28H25Cl2NO6. The van der Waals surface area contributed by atoms with Crippen LogP contribution in [0, 0.1) is 13.8 Å². The molecule has 1 aliphatic heterocycles. The minimum atomic E-state index is -0.947. The topological polar surface area (TPSA) is 85.3 Å². The Morgan fingerprint density at radius 2 is 1.51 bits per heavy atom. The summed E-state index contributed by atoms with van der Waals surface area (Å²) in [5.74, 6) is -1.32. The van der Waals surface area contributed by atoms with Gasteiger partial charge < -0.3 is 19.3 Å². The van der Waals surface area contributed by atoms with Crippen molar-refractivity contribution in [2.24, 2.45) is 0 Å². The molecule has 192 valence electrons. The molecular weight excluding hydrogens is 517 g/mol. The lowest BCUT2D eigenvalue weighted by atomic mass is 9.94. The smallest absolute Gasteiger partial charge is 0.300 e. The van der Waals surface area contributed by atoms with E-state index in [1.165, 1.54) is 25.2 Å². The molecule has 0 saturated carbocycles. The zero-order chi connectivity index (χ0) is 27.0. The summed E-state index contributed by atoms with van der Waals surface area (Å²) in [5.41, 5.74) is 3.00. The molecule has 1 amide bonds. The van der Waals surface area contributed by atoms with Crippen molar-refractivity contribution < 1.29 is 28.9 Å². The first-order chi connectivity index (χ1) is 17.6. The van der Waals surface area contributed by atoms with E-state index in [9.17, 15) is 14.7 Å². The van der Waals surface area contributed by atoms with Gasteiger partial charge in [-0.15, -0.1) is 0 Å². The molecule has 4 rings (SSSR count). The maximum absolute atomic E-state index is 13.5. The van der Waals surface area contributed by atoms with E-state index < -0.39 is 23.5 Å². The molecule has 1 unspecified atom stereocenters. The lowest BCUT2D eigenvalue weighted by Crippen LogP contribution is -2.29. The van der Waals surface area contributed by atoms with Crippen LogP contribution in [0.1, 0.15) is 28.3 Å². The Labute approximate surface area is 224 Å². The lowest BCUT2D eigenvalue weighted by Gasteiger charge is -2.26. The molecule has 7 nitrogen and oxygen atoms in total. The number of methoxy groups -OCH3 is 3. The van der Waals surface area contributed by atoms with Gasteiger partial charge in [0.1, 0.15) is 16.5 Å². The lowest BCUT2D eigenvalue weighted by molar-refractivity contribution is -0.132. The number of aliphatic hydroxyl groups is 1. The van der Waals surface area contributed by atoms with Gasteiger partial charge in [0.2, 0.25) is 0 Å². The second-order valence-corrected chi connectivity index (χ2v) is 9.28. The third kappa shape index (κ3) is 4.49. The number of hydrogen-bond donors (Lipinski definition) is 1. The van der Waals surface area contributed by atoms with E-state index in [4.69, 9.17) is 37.4 Å². The van der Waals surface area contributed by atoms with Crippen molar-refractivity contribution in [2.45, 2.75) is 19.9 Å². The average Bonchev–Trinajstić information content (AvgIpc) is 3.15. The first kappa shape index (κ1) is 26.4. The molecule has 0 spiro atoms. The molecule has 1 saturated heterocycles. The standard InChI is InChI=1S/C28H25Cl2NO6/c1-14-6-9-17(12-15(14)2)31-23(16-7-10-18(35-3)11-8-16)21(25(33)28(31)34)24(32)19-13-20(29)27(37-5)22(30)26(19)36-4/h6-13,23,32H,1-5H3/b24-21+. The van der Waals surface area contributed by atoms with Gasteiger partial charge in [-0.2, -0.15) is 0 Å². The van der Waals surface area contributed by atoms with Crippen molar-refractivity contribution in [1.82, 2.24) is 0 Å². The molecule has 37 heavy (non-hydrogen) atoms. The maximum atomic E-state index is 13.5. The molecule has 3 aromatic rings. The highest BCUT2D eigenvalue weighted by atomic mass is 35.5. The summed E-state index contributed by atoms with van der Waals surface area (Å²) in [5, 5.41) is 11.7. The number of halogens is 2. The fourth-order valence-corrected chi connectivity index (χ4v) is 5.05. The minimum absolute atomic E-state index is 0.0171. The minimum Gasteiger partial charge on any atom is -0.507 e. The van der Waals surface area contributed by atoms with Crippen LogP contribution in [-0.4, -0.2) is 38.1 Å². The van der Waals surface area contributed by atoms with Crippen LogP contribution < -0.4 is 19.1 Å². The first-order valence-electron chi connectivity index (χ1n) is 11.3. The number of benzene rings is 3. The number of carbonyl (C=O) groups is 2. The Bertz CT molecular complexity index is 1430. The van der Waals surface area contributed by atoms with Crippen LogP contribution >= 0.6 is 23.2 Å². The van der Waals surface area contributed by atoms with E-state index in [0.29, 0.717) is 17.0 Å². The zero-order valence-corrected chi connectivity index (χ0v) is 22.4. The largest absolute Gasteiger partial charge is 0.507 e. The number of aryl methyl sites for hydroxylation is 2. The van der Waals surface area contributed by atoms with Crippen LogP contribution in [0.5, 0.6) is 17.2 Å². The van der Waals surface area contributed by atoms with E-state index in [-0.39, 0.29) is 32.7 Å². The van der Waals surface area contributed by atoms with Crippen LogP contribution in [0.25, 0.3) is 5.76 Å². The monoisotopic (exact) mass is 541 g/mol. The van der Waals surface area contributed by atoms with E-state index >= 15 is 0 Å². The highest BCUT2D eigenvalue weighted by Crippen LogP contribution is 2.48. The number of hydrogen-bond acceptors (Lipinski definition) is 6. The Hall–Kier alpha value is -3.68. The average molecular weight is 542 g/mol. The van der Waals surface area contributed by atoms with Crippen molar-refractivity contribution in [1.29, 1.82) is 0 Å². The highest BCUT2D eigenvalue weighted by molar-refractivity contribution is 6.52.